The summed E-state index contributed by atoms with van der Waals surface area (Å²) in [7, 11) is 3.24. The van der Waals surface area contributed by atoms with Crippen LogP contribution in [-0.2, 0) is 4.79 Å². The number of nitrogens with zero attached hydrogens (tertiary/aromatic N) is 1. The molecule has 0 aromatic carbocycles. The minimum Gasteiger partial charge on any atom is -0.394 e. The van der Waals surface area contributed by atoms with Gasteiger partial charge < -0.3 is 22.1 Å². The molecular weight excluding hydrogens is 168 g/mol. The number of amides is 1. The highest BCUT2D eigenvalue weighted by molar-refractivity contribution is 5.92. The van der Waals surface area contributed by atoms with Crippen LogP contribution >= 0.6 is 0 Å². The van der Waals surface area contributed by atoms with Gasteiger partial charge in [0.25, 0.3) is 5.91 Å². The van der Waals surface area contributed by atoms with E-state index in [2.05, 4.69) is 0 Å². The molecule has 1 amide bonds. The first-order valence-corrected chi connectivity index (χ1v) is 3.77. The van der Waals surface area contributed by atoms with Gasteiger partial charge in [-0.3, -0.25) is 4.79 Å². The number of allylic oxidation sites excluding steroid dienone is 2. The number of rotatable bonds is 2. The van der Waals surface area contributed by atoms with E-state index in [0.717, 1.165) is 0 Å². The van der Waals surface area contributed by atoms with Crippen molar-refractivity contribution in [2.75, 3.05) is 14.1 Å². The first kappa shape index (κ1) is 11.4. The molecular formula is C8H16N4O. The first-order valence-electron chi connectivity index (χ1n) is 3.77. The zero-order chi connectivity index (χ0) is 10.6. The Kier molecular flexibility index (Phi) is 3.84. The average Bonchev–Trinajstić information content (AvgIpc) is 2.02. The Labute approximate surface area is 77.9 Å². The van der Waals surface area contributed by atoms with Crippen LogP contribution in [0.5, 0.6) is 0 Å². The molecule has 0 aromatic heterocycles. The number of likely N-dealkylation sites (N-methyl/N-ethyl adjacent to an activating group) is 1. The molecule has 0 aromatic rings. The molecule has 0 spiro atoms. The summed E-state index contributed by atoms with van der Waals surface area (Å²) in [5, 5.41) is 0. The summed E-state index contributed by atoms with van der Waals surface area (Å²) in [6, 6.07) is 0. The lowest BCUT2D eigenvalue weighted by Crippen LogP contribution is -2.27. The van der Waals surface area contributed by atoms with Gasteiger partial charge in [-0.25, -0.2) is 0 Å². The first-order chi connectivity index (χ1) is 5.86. The van der Waals surface area contributed by atoms with Crippen LogP contribution in [0.15, 0.2) is 23.2 Å². The molecule has 0 rings (SSSR count). The number of nitrogens with two attached hydrogens (primary N) is 3. The summed E-state index contributed by atoms with van der Waals surface area (Å²) < 4.78 is 0. The Morgan fingerprint density at radius 3 is 2.00 bits per heavy atom. The maximum absolute atomic E-state index is 11.2. The van der Waals surface area contributed by atoms with Gasteiger partial charge in [-0.15, -0.1) is 0 Å². The van der Waals surface area contributed by atoms with Crippen LogP contribution in [0.25, 0.3) is 0 Å². The highest BCUT2D eigenvalue weighted by Gasteiger charge is 2.07. The van der Waals surface area contributed by atoms with Gasteiger partial charge in [0.05, 0.1) is 11.5 Å². The second-order valence-electron chi connectivity index (χ2n) is 2.94. The number of carbonyl (C=O) groups is 1. The van der Waals surface area contributed by atoms with Gasteiger partial charge in [0.15, 0.2) is 0 Å². The van der Waals surface area contributed by atoms with Gasteiger partial charge in [0, 0.05) is 14.1 Å². The van der Waals surface area contributed by atoms with Gasteiger partial charge in [-0.05, 0) is 18.6 Å². The summed E-state index contributed by atoms with van der Waals surface area (Å²) in [4.78, 5) is 12.6. The zero-order valence-corrected chi connectivity index (χ0v) is 8.16. The van der Waals surface area contributed by atoms with E-state index in [-0.39, 0.29) is 17.4 Å². The van der Waals surface area contributed by atoms with Crippen molar-refractivity contribution in [2.45, 2.75) is 6.92 Å². The summed E-state index contributed by atoms with van der Waals surface area (Å²) in [6.45, 7) is 1.69. The predicted molar refractivity (Wildman–Crippen MR) is 52.0 cm³/mol. The Hall–Kier alpha value is -1.65. The highest BCUT2D eigenvalue weighted by Crippen LogP contribution is 1.99. The summed E-state index contributed by atoms with van der Waals surface area (Å²) >= 11 is 0. The van der Waals surface area contributed by atoms with E-state index in [4.69, 9.17) is 17.2 Å². The molecule has 0 bridgehead atoms. The van der Waals surface area contributed by atoms with Crippen LogP contribution in [0.3, 0.4) is 0 Å². The smallest absolute Gasteiger partial charge is 0.269 e. The molecule has 5 nitrogen and oxygen atoms in total. The molecule has 5 heteroatoms. The minimum atomic E-state index is -0.263. The van der Waals surface area contributed by atoms with E-state index in [9.17, 15) is 4.79 Å². The van der Waals surface area contributed by atoms with Crippen molar-refractivity contribution in [3.05, 3.63) is 23.2 Å². The van der Waals surface area contributed by atoms with E-state index in [1.54, 1.807) is 21.0 Å². The molecule has 0 saturated heterocycles. The third kappa shape index (κ3) is 3.50. The van der Waals surface area contributed by atoms with Crippen molar-refractivity contribution in [3.63, 3.8) is 0 Å². The van der Waals surface area contributed by atoms with E-state index in [1.165, 1.54) is 11.0 Å². The van der Waals surface area contributed by atoms with Crippen LogP contribution in [0, 0.1) is 0 Å². The van der Waals surface area contributed by atoms with E-state index >= 15 is 0 Å². The molecule has 74 valence electrons. The van der Waals surface area contributed by atoms with Crippen molar-refractivity contribution in [1.29, 1.82) is 0 Å². The third-order valence-electron chi connectivity index (χ3n) is 1.48. The van der Waals surface area contributed by atoms with Crippen LogP contribution in [0.1, 0.15) is 6.92 Å². The topological polar surface area (TPSA) is 98.4 Å². The third-order valence-corrected chi connectivity index (χ3v) is 1.48. The van der Waals surface area contributed by atoms with Gasteiger partial charge in [0.1, 0.15) is 0 Å². The fourth-order valence-corrected chi connectivity index (χ4v) is 0.637. The van der Waals surface area contributed by atoms with E-state index in [1.807, 2.05) is 0 Å². The van der Waals surface area contributed by atoms with Crippen LogP contribution < -0.4 is 17.2 Å². The Morgan fingerprint density at radius 1 is 1.23 bits per heavy atom. The number of hydrogen-bond acceptors (Lipinski definition) is 4. The Morgan fingerprint density at radius 2 is 1.69 bits per heavy atom. The maximum atomic E-state index is 11.2. The normalized spacial score (nSPS) is 10.8. The summed E-state index contributed by atoms with van der Waals surface area (Å²) in [6.07, 6.45) is 1.46. The van der Waals surface area contributed by atoms with Crippen molar-refractivity contribution in [1.82, 2.24) is 4.90 Å². The Balaban J connectivity index is 4.70. The molecule has 0 heterocycles. The average molecular weight is 184 g/mol. The predicted octanol–water partition coefficient (Wildman–Crippen LogP) is -0.934. The standard InChI is InChI=1S/C8H16N4O/c1-5(7(10)11)4-6(9)8(13)12(2)3/h4H,9-11H2,1-3H3/b6-4-. The highest BCUT2D eigenvalue weighted by atomic mass is 16.2. The molecule has 13 heavy (non-hydrogen) atoms. The maximum Gasteiger partial charge on any atom is 0.269 e. The van der Waals surface area contributed by atoms with Crippen molar-refractivity contribution < 1.29 is 4.79 Å². The molecule has 0 unspecified atom stereocenters. The van der Waals surface area contributed by atoms with Gasteiger partial charge in [-0.2, -0.15) is 0 Å². The van der Waals surface area contributed by atoms with Crippen molar-refractivity contribution in [3.8, 4) is 0 Å². The second kappa shape index (κ2) is 4.39. The van der Waals surface area contributed by atoms with Gasteiger partial charge >= 0.3 is 0 Å². The Bertz CT molecular complexity index is 261. The second-order valence-corrected chi connectivity index (χ2v) is 2.94. The summed E-state index contributed by atoms with van der Waals surface area (Å²) in [5.74, 6) is -0.102. The molecule has 0 atom stereocenters. The molecule has 0 saturated carbocycles. The minimum absolute atomic E-state index is 0.121. The van der Waals surface area contributed by atoms with Crippen LogP contribution in [0.2, 0.25) is 0 Å². The lowest BCUT2D eigenvalue weighted by molar-refractivity contribution is -0.124. The zero-order valence-electron chi connectivity index (χ0n) is 8.16. The van der Waals surface area contributed by atoms with E-state index in [0.29, 0.717) is 5.57 Å². The molecule has 6 N–H and O–H groups in total. The van der Waals surface area contributed by atoms with Crippen LogP contribution in [-0.4, -0.2) is 24.9 Å². The molecule has 0 aliphatic carbocycles. The van der Waals surface area contributed by atoms with Gasteiger partial charge in [0.2, 0.25) is 0 Å². The number of carbonyl (C=O) groups excluding carboxylic acids is 1. The largest absolute Gasteiger partial charge is 0.394 e. The SMILES string of the molecule is CC(/C=C(\N)C(=O)N(C)C)=C(N)N. The molecule has 0 aliphatic heterocycles. The van der Waals surface area contributed by atoms with Crippen molar-refractivity contribution in [2.24, 2.45) is 17.2 Å². The fourth-order valence-electron chi connectivity index (χ4n) is 0.637. The lowest BCUT2D eigenvalue weighted by atomic mass is 10.2. The molecule has 0 radical (unpaired) electrons. The fraction of sp³-hybridized carbons (Fsp3) is 0.375. The number of hydrogen-bond donors (Lipinski definition) is 3. The lowest BCUT2D eigenvalue weighted by Gasteiger charge is -2.10. The quantitative estimate of drug-likeness (QED) is 0.381. The summed E-state index contributed by atoms with van der Waals surface area (Å²) in [5.41, 5.74) is 16.8. The van der Waals surface area contributed by atoms with E-state index < -0.39 is 0 Å². The van der Waals surface area contributed by atoms with Crippen LogP contribution in [0.4, 0.5) is 0 Å². The monoisotopic (exact) mass is 184 g/mol. The molecule has 0 aliphatic rings. The van der Waals surface area contributed by atoms with Crippen molar-refractivity contribution >= 4 is 5.91 Å². The van der Waals surface area contributed by atoms with Gasteiger partial charge in [-0.1, -0.05) is 0 Å². The molecule has 0 fully saturated rings.